The van der Waals surface area contributed by atoms with Crippen molar-refractivity contribution in [2.24, 2.45) is 0 Å². The summed E-state index contributed by atoms with van der Waals surface area (Å²) < 4.78 is 5.79. The molecule has 0 aromatic carbocycles. The lowest BCUT2D eigenvalue weighted by Crippen LogP contribution is -2.26. The molecule has 0 saturated heterocycles. The zero-order chi connectivity index (χ0) is 12.6. The number of thiazole rings is 1. The molecule has 0 radical (unpaired) electrons. The van der Waals surface area contributed by atoms with Crippen molar-refractivity contribution in [3.05, 3.63) is 16.6 Å². The second kappa shape index (κ2) is 7.48. The van der Waals surface area contributed by atoms with Gasteiger partial charge in [-0.3, -0.25) is 4.79 Å². The Labute approximate surface area is 112 Å². The van der Waals surface area contributed by atoms with E-state index in [1.54, 1.807) is 10.9 Å². The van der Waals surface area contributed by atoms with E-state index in [2.05, 4.69) is 10.3 Å². The molecule has 0 bridgehead atoms. The van der Waals surface area contributed by atoms with Gasteiger partial charge in [-0.25, -0.2) is 4.98 Å². The lowest BCUT2D eigenvalue weighted by molar-refractivity contribution is 0.0273. The number of hydrogen-bond acceptors (Lipinski definition) is 4. The first-order valence-electron chi connectivity index (χ1n) is 6.64. The molecule has 1 heterocycles. The topological polar surface area (TPSA) is 51.2 Å². The Kier molecular flexibility index (Phi) is 5.61. The highest BCUT2D eigenvalue weighted by atomic mass is 32.1. The van der Waals surface area contributed by atoms with Gasteiger partial charge in [0.15, 0.2) is 0 Å². The monoisotopic (exact) mass is 268 g/mol. The minimum absolute atomic E-state index is 0.0890. The van der Waals surface area contributed by atoms with Gasteiger partial charge in [0.05, 0.1) is 11.6 Å². The highest BCUT2D eigenvalue weighted by Gasteiger charge is 2.13. The summed E-state index contributed by atoms with van der Waals surface area (Å²) in [7, 11) is 0. The van der Waals surface area contributed by atoms with Gasteiger partial charge >= 0.3 is 0 Å². The van der Waals surface area contributed by atoms with Crippen LogP contribution in [-0.4, -0.2) is 30.1 Å². The Morgan fingerprint density at radius 3 is 3.00 bits per heavy atom. The van der Waals surface area contributed by atoms with Crippen molar-refractivity contribution in [3.8, 4) is 0 Å². The first kappa shape index (κ1) is 13.5. The highest BCUT2D eigenvalue weighted by molar-refractivity contribution is 7.07. The van der Waals surface area contributed by atoms with Crippen molar-refractivity contribution in [2.75, 3.05) is 13.2 Å². The van der Waals surface area contributed by atoms with Crippen LogP contribution in [0.15, 0.2) is 10.9 Å². The number of amides is 1. The average Bonchev–Trinajstić information content (AvgIpc) is 2.93. The molecule has 100 valence electrons. The molecule has 1 aliphatic rings. The van der Waals surface area contributed by atoms with Gasteiger partial charge in [-0.2, -0.15) is 0 Å². The van der Waals surface area contributed by atoms with Crippen molar-refractivity contribution in [1.82, 2.24) is 10.3 Å². The van der Waals surface area contributed by atoms with E-state index in [1.807, 2.05) is 0 Å². The molecule has 1 amide bonds. The fourth-order valence-corrected chi connectivity index (χ4v) is 2.70. The predicted octanol–water partition coefficient (Wildman–Crippen LogP) is 2.61. The molecule has 1 N–H and O–H groups in total. The maximum Gasteiger partial charge on any atom is 0.270 e. The van der Waals surface area contributed by atoms with Crippen LogP contribution < -0.4 is 5.32 Å². The molecule has 1 aromatic rings. The van der Waals surface area contributed by atoms with Crippen LogP contribution >= 0.6 is 11.3 Å². The van der Waals surface area contributed by atoms with Crippen LogP contribution in [0.25, 0.3) is 0 Å². The van der Waals surface area contributed by atoms with Gasteiger partial charge in [-0.1, -0.05) is 19.3 Å². The Hall–Kier alpha value is -0.940. The largest absolute Gasteiger partial charge is 0.378 e. The first-order valence-corrected chi connectivity index (χ1v) is 7.58. The van der Waals surface area contributed by atoms with Crippen LogP contribution in [-0.2, 0) is 4.74 Å². The van der Waals surface area contributed by atoms with E-state index in [0.717, 1.165) is 13.0 Å². The highest BCUT2D eigenvalue weighted by Crippen LogP contribution is 2.20. The van der Waals surface area contributed by atoms with Gasteiger partial charge in [0.1, 0.15) is 5.69 Å². The van der Waals surface area contributed by atoms with Crippen molar-refractivity contribution >= 4 is 17.2 Å². The second-order valence-corrected chi connectivity index (χ2v) is 5.33. The predicted molar refractivity (Wildman–Crippen MR) is 71.9 cm³/mol. The standard InChI is InChI=1S/C13H20N2O2S/c16-13(12-9-18-10-15-12)14-7-4-8-17-11-5-2-1-3-6-11/h9-11H,1-8H2,(H,14,16). The molecule has 0 aliphatic heterocycles. The van der Waals surface area contributed by atoms with Gasteiger partial charge in [-0.05, 0) is 19.3 Å². The molecule has 1 aromatic heterocycles. The van der Waals surface area contributed by atoms with E-state index in [4.69, 9.17) is 4.74 Å². The van der Waals surface area contributed by atoms with Gasteiger partial charge in [0, 0.05) is 18.5 Å². The number of rotatable bonds is 6. The fourth-order valence-electron chi connectivity index (χ4n) is 2.17. The number of ether oxygens (including phenoxy) is 1. The average molecular weight is 268 g/mol. The van der Waals surface area contributed by atoms with Crippen LogP contribution in [0, 0.1) is 0 Å². The summed E-state index contributed by atoms with van der Waals surface area (Å²) in [5.74, 6) is -0.0890. The van der Waals surface area contributed by atoms with Crippen LogP contribution in [0.1, 0.15) is 49.0 Å². The van der Waals surface area contributed by atoms with E-state index in [-0.39, 0.29) is 5.91 Å². The second-order valence-electron chi connectivity index (χ2n) is 4.61. The third-order valence-electron chi connectivity index (χ3n) is 3.18. The zero-order valence-corrected chi connectivity index (χ0v) is 11.4. The van der Waals surface area contributed by atoms with Crippen molar-refractivity contribution in [2.45, 2.75) is 44.6 Å². The SMILES string of the molecule is O=C(NCCCOC1CCCCC1)c1cscn1. The Morgan fingerprint density at radius 2 is 2.28 bits per heavy atom. The summed E-state index contributed by atoms with van der Waals surface area (Å²) in [6.07, 6.45) is 7.66. The molecule has 1 fully saturated rings. The van der Waals surface area contributed by atoms with Crippen molar-refractivity contribution in [3.63, 3.8) is 0 Å². The van der Waals surface area contributed by atoms with Crippen LogP contribution in [0.5, 0.6) is 0 Å². The molecule has 0 unspecified atom stereocenters. The minimum Gasteiger partial charge on any atom is -0.378 e. The quantitative estimate of drug-likeness (QED) is 0.807. The maximum atomic E-state index is 11.6. The number of carbonyl (C=O) groups is 1. The smallest absolute Gasteiger partial charge is 0.270 e. The summed E-state index contributed by atoms with van der Waals surface area (Å²) in [5, 5.41) is 4.61. The number of carbonyl (C=O) groups excluding carboxylic acids is 1. The Bertz CT molecular complexity index is 348. The van der Waals surface area contributed by atoms with Crippen LogP contribution in [0.4, 0.5) is 0 Å². The van der Waals surface area contributed by atoms with Crippen molar-refractivity contribution in [1.29, 1.82) is 0 Å². The third-order valence-corrected chi connectivity index (χ3v) is 3.76. The van der Waals surface area contributed by atoms with E-state index in [9.17, 15) is 4.79 Å². The van der Waals surface area contributed by atoms with E-state index >= 15 is 0 Å². The molecular formula is C13H20N2O2S. The lowest BCUT2D eigenvalue weighted by atomic mass is 9.98. The normalized spacial score (nSPS) is 16.7. The molecule has 1 aliphatic carbocycles. The van der Waals surface area contributed by atoms with E-state index in [0.29, 0.717) is 18.3 Å². The van der Waals surface area contributed by atoms with Crippen LogP contribution in [0.3, 0.4) is 0 Å². The summed E-state index contributed by atoms with van der Waals surface area (Å²) in [6.45, 7) is 1.39. The van der Waals surface area contributed by atoms with E-state index < -0.39 is 0 Å². The Balaban J connectivity index is 1.52. The molecule has 5 heteroatoms. The van der Waals surface area contributed by atoms with Gasteiger partial charge in [0.25, 0.3) is 5.91 Å². The van der Waals surface area contributed by atoms with Crippen molar-refractivity contribution < 1.29 is 9.53 Å². The summed E-state index contributed by atoms with van der Waals surface area (Å²) in [5.41, 5.74) is 2.18. The number of hydrogen-bond donors (Lipinski definition) is 1. The third kappa shape index (κ3) is 4.38. The zero-order valence-electron chi connectivity index (χ0n) is 10.6. The molecule has 0 spiro atoms. The molecule has 18 heavy (non-hydrogen) atoms. The first-order chi connectivity index (χ1) is 8.86. The summed E-state index contributed by atoms with van der Waals surface area (Å²) >= 11 is 1.43. The lowest BCUT2D eigenvalue weighted by Gasteiger charge is -2.21. The van der Waals surface area contributed by atoms with Gasteiger partial charge in [-0.15, -0.1) is 11.3 Å². The van der Waals surface area contributed by atoms with Gasteiger partial charge in [0.2, 0.25) is 0 Å². The number of nitrogens with zero attached hydrogens (tertiary/aromatic N) is 1. The fraction of sp³-hybridized carbons (Fsp3) is 0.692. The minimum atomic E-state index is -0.0890. The molecule has 4 nitrogen and oxygen atoms in total. The van der Waals surface area contributed by atoms with Gasteiger partial charge < -0.3 is 10.1 Å². The number of nitrogens with one attached hydrogen (secondary N) is 1. The molecule has 2 rings (SSSR count). The molecule has 1 saturated carbocycles. The Morgan fingerprint density at radius 1 is 1.44 bits per heavy atom. The molecule has 0 atom stereocenters. The number of aromatic nitrogens is 1. The summed E-state index contributed by atoms with van der Waals surface area (Å²) in [6, 6.07) is 0. The van der Waals surface area contributed by atoms with Crippen LogP contribution in [0.2, 0.25) is 0 Å². The molecular weight excluding hydrogens is 248 g/mol. The maximum absolute atomic E-state index is 11.6. The van der Waals surface area contributed by atoms with E-state index in [1.165, 1.54) is 43.4 Å². The summed E-state index contributed by atoms with van der Waals surface area (Å²) in [4.78, 5) is 15.5.